The molecule has 2 nitrogen and oxygen atoms in total. The Kier molecular flexibility index (Phi) is 2.07. The fourth-order valence-electron chi connectivity index (χ4n) is 1.16. The Balaban J connectivity index is 2.28. The maximum absolute atomic E-state index is 8.50. The van der Waals surface area contributed by atoms with E-state index in [0.717, 1.165) is 25.9 Å². The summed E-state index contributed by atoms with van der Waals surface area (Å²) in [6.07, 6.45) is 2.07. The number of quaternary nitrogens is 1. The first-order valence-corrected chi connectivity index (χ1v) is 3.39. The van der Waals surface area contributed by atoms with Crippen molar-refractivity contribution < 1.29 is 4.90 Å². The number of hydrogen-bond donors (Lipinski definition) is 1. The molecule has 9 heavy (non-hydrogen) atoms. The molecule has 0 amide bonds. The van der Waals surface area contributed by atoms with Gasteiger partial charge in [0.2, 0.25) is 0 Å². The normalized spacial score (nSPS) is 35.6. The third-order valence-electron chi connectivity index (χ3n) is 1.88. The third-order valence-corrected chi connectivity index (χ3v) is 1.88. The Labute approximate surface area is 56.1 Å². The number of rotatable bonds is 0. The van der Waals surface area contributed by atoms with Crippen LogP contribution in [0, 0.1) is 24.3 Å². The maximum Gasteiger partial charge on any atom is 0.0660 e. The second kappa shape index (κ2) is 2.84. The molecule has 1 fully saturated rings. The van der Waals surface area contributed by atoms with E-state index >= 15 is 0 Å². The fraction of sp³-hybridized carbons (Fsp3) is 0.714. The van der Waals surface area contributed by atoms with E-state index in [-0.39, 0.29) is 0 Å². The molecule has 0 spiro atoms. The lowest BCUT2D eigenvalue weighted by molar-refractivity contribution is -0.860. The van der Waals surface area contributed by atoms with Gasteiger partial charge in [0.1, 0.15) is 0 Å². The molecule has 1 rings (SSSR count). The van der Waals surface area contributed by atoms with Gasteiger partial charge in [-0.1, -0.05) is 0 Å². The van der Waals surface area contributed by atoms with Crippen molar-refractivity contribution in [3.05, 3.63) is 7.05 Å². The standard InChI is InChI=1S/C7H12N2/c1-9-4-2-7(6-8)3-5-9/h7,9H,1-5H2. The summed E-state index contributed by atoms with van der Waals surface area (Å²) in [7, 11) is 3.87. The molecule has 1 aliphatic heterocycles. The number of nitriles is 1. The van der Waals surface area contributed by atoms with Crippen molar-refractivity contribution in [1.29, 1.82) is 5.26 Å². The monoisotopic (exact) mass is 124 g/mol. The van der Waals surface area contributed by atoms with E-state index in [9.17, 15) is 0 Å². The second-order valence-corrected chi connectivity index (χ2v) is 2.65. The number of likely N-dealkylation sites (tertiary alicyclic amines) is 1. The molecule has 0 unspecified atom stereocenters. The molecule has 0 aromatic carbocycles. The largest absolute Gasteiger partial charge is 0.468 e. The van der Waals surface area contributed by atoms with Gasteiger partial charge in [-0.2, -0.15) is 12.3 Å². The van der Waals surface area contributed by atoms with Crippen LogP contribution in [0.2, 0.25) is 0 Å². The minimum atomic E-state index is 0.315. The minimum Gasteiger partial charge on any atom is -0.468 e. The average molecular weight is 124 g/mol. The van der Waals surface area contributed by atoms with Crippen molar-refractivity contribution in [2.75, 3.05) is 13.1 Å². The van der Waals surface area contributed by atoms with E-state index in [1.54, 1.807) is 0 Å². The lowest BCUT2D eigenvalue weighted by Crippen LogP contribution is -3.08. The molecule has 2 heteroatoms. The van der Waals surface area contributed by atoms with Crippen LogP contribution < -0.4 is 4.90 Å². The average Bonchev–Trinajstić information content (AvgIpc) is 1.90. The zero-order valence-corrected chi connectivity index (χ0v) is 5.56. The number of piperidine rings is 1. The van der Waals surface area contributed by atoms with Crippen molar-refractivity contribution in [1.82, 2.24) is 0 Å². The summed E-state index contributed by atoms with van der Waals surface area (Å²) in [4.78, 5) is 1.32. The topological polar surface area (TPSA) is 28.2 Å². The summed E-state index contributed by atoms with van der Waals surface area (Å²) >= 11 is 0. The molecule has 0 aromatic rings. The quantitative estimate of drug-likeness (QED) is 0.437. The van der Waals surface area contributed by atoms with Crippen LogP contribution in [0.25, 0.3) is 0 Å². The first-order chi connectivity index (χ1) is 4.33. The van der Waals surface area contributed by atoms with Gasteiger partial charge in [-0.15, -0.1) is 0 Å². The van der Waals surface area contributed by atoms with Crippen molar-refractivity contribution >= 4 is 0 Å². The Hall–Kier alpha value is -0.550. The highest BCUT2D eigenvalue weighted by atomic mass is 15.1. The van der Waals surface area contributed by atoms with E-state index < -0.39 is 0 Å². The lowest BCUT2D eigenvalue weighted by atomic mass is 9.99. The third kappa shape index (κ3) is 1.69. The zero-order chi connectivity index (χ0) is 6.69. The van der Waals surface area contributed by atoms with Gasteiger partial charge in [0.15, 0.2) is 0 Å². The van der Waals surface area contributed by atoms with Gasteiger partial charge in [-0.25, -0.2) is 0 Å². The Morgan fingerprint density at radius 1 is 1.44 bits per heavy atom. The molecule has 0 bridgehead atoms. The molecule has 0 aromatic heterocycles. The number of hydrogen-bond acceptors (Lipinski definition) is 1. The van der Waals surface area contributed by atoms with Crippen molar-refractivity contribution in [2.24, 2.45) is 5.92 Å². The highest BCUT2D eigenvalue weighted by molar-refractivity contribution is 4.83. The summed E-state index contributed by atoms with van der Waals surface area (Å²) in [5, 5.41) is 8.50. The molecule has 0 aliphatic carbocycles. The van der Waals surface area contributed by atoms with Crippen molar-refractivity contribution in [3.63, 3.8) is 0 Å². The Bertz CT molecular complexity index is 117. The van der Waals surface area contributed by atoms with Crippen LogP contribution in [0.4, 0.5) is 0 Å². The highest BCUT2D eigenvalue weighted by Crippen LogP contribution is 2.06. The van der Waals surface area contributed by atoms with Crippen LogP contribution in [0.3, 0.4) is 0 Å². The maximum atomic E-state index is 8.50. The second-order valence-electron chi connectivity index (χ2n) is 2.65. The molecule has 0 saturated carbocycles. The zero-order valence-electron chi connectivity index (χ0n) is 5.56. The van der Waals surface area contributed by atoms with E-state index in [2.05, 4.69) is 13.1 Å². The summed E-state index contributed by atoms with van der Waals surface area (Å²) in [6, 6.07) is 2.28. The van der Waals surface area contributed by atoms with Gasteiger partial charge in [0.25, 0.3) is 0 Å². The predicted molar refractivity (Wildman–Crippen MR) is 34.4 cm³/mol. The van der Waals surface area contributed by atoms with Crippen LogP contribution in [0.5, 0.6) is 0 Å². The van der Waals surface area contributed by atoms with Gasteiger partial charge >= 0.3 is 0 Å². The molecule has 1 saturated heterocycles. The van der Waals surface area contributed by atoms with E-state index in [4.69, 9.17) is 5.26 Å². The first kappa shape index (κ1) is 6.57. The molecule has 1 N–H and O–H groups in total. The first-order valence-electron chi connectivity index (χ1n) is 3.39. The fourth-order valence-corrected chi connectivity index (χ4v) is 1.16. The summed E-state index contributed by atoms with van der Waals surface area (Å²) in [5.41, 5.74) is 0. The van der Waals surface area contributed by atoms with Gasteiger partial charge in [-0.3, -0.25) is 0 Å². The molecule has 50 valence electrons. The van der Waals surface area contributed by atoms with Crippen LogP contribution in [0.1, 0.15) is 12.8 Å². The Morgan fingerprint density at radius 3 is 2.44 bits per heavy atom. The summed E-state index contributed by atoms with van der Waals surface area (Å²) in [5.74, 6) is 0.315. The lowest BCUT2D eigenvalue weighted by Gasteiger charge is -2.27. The Morgan fingerprint density at radius 2 is 2.00 bits per heavy atom. The predicted octanol–water partition coefficient (Wildman–Crippen LogP) is -0.404. The van der Waals surface area contributed by atoms with Gasteiger partial charge in [-0.05, 0) is 0 Å². The van der Waals surface area contributed by atoms with Crippen LogP contribution in [-0.4, -0.2) is 13.1 Å². The molecule has 1 aliphatic rings. The molecule has 1 heterocycles. The van der Waals surface area contributed by atoms with E-state index in [0.29, 0.717) is 5.92 Å². The van der Waals surface area contributed by atoms with E-state index in [1.807, 2.05) is 0 Å². The molecular weight excluding hydrogens is 112 g/mol. The summed E-state index contributed by atoms with van der Waals surface area (Å²) < 4.78 is 0. The molecule has 0 atom stereocenters. The van der Waals surface area contributed by atoms with Crippen LogP contribution >= 0.6 is 0 Å². The van der Waals surface area contributed by atoms with Crippen molar-refractivity contribution in [2.45, 2.75) is 12.8 Å². The highest BCUT2D eigenvalue weighted by Gasteiger charge is 2.15. The van der Waals surface area contributed by atoms with Gasteiger partial charge < -0.3 is 4.90 Å². The SMILES string of the molecule is [CH2-][NH+]1CCC(C#N)CC1. The van der Waals surface area contributed by atoms with Crippen LogP contribution in [0.15, 0.2) is 0 Å². The minimum absolute atomic E-state index is 0.315. The summed E-state index contributed by atoms with van der Waals surface area (Å²) in [6.45, 7) is 2.14. The number of nitrogens with zero attached hydrogens (tertiary/aromatic N) is 1. The smallest absolute Gasteiger partial charge is 0.0660 e. The van der Waals surface area contributed by atoms with Gasteiger partial charge in [0, 0.05) is 12.8 Å². The van der Waals surface area contributed by atoms with E-state index in [1.165, 1.54) is 4.90 Å². The van der Waals surface area contributed by atoms with Crippen molar-refractivity contribution in [3.8, 4) is 6.07 Å². The molecule has 0 radical (unpaired) electrons. The molecular formula is C7H12N2. The number of nitrogens with one attached hydrogen (secondary N) is 1. The van der Waals surface area contributed by atoms with Crippen LogP contribution in [-0.2, 0) is 0 Å². The van der Waals surface area contributed by atoms with Gasteiger partial charge in [0.05, 0.1) is 25.1 Å².